The maximum atomic E-state index is 5.12. The molecule has 0 unspecified atom stereocenters. The first kappa shape index (κ1) is 10.2. The van der Waals surface area contributed by atoms with Gasteiger partial charge in [0.1, 0.15) is 0 Å². The Morgan fingerprint density at radius 3 is 2.75 bits per heavy atom. The molecule has 3 rings (SSSR count). The van der Waals surface area contributed by atoms with E-state index in [0.29, 0.717) is 0 Å². The number of nitrogens with zero attached hydrogens (tertiary/aromatic N) is 3. The molecule has 0 aromatic carbocycles. The molecule has 5 nitrogen and oxygen atoms in total. The fourth-order valence-corrected chi connectivity index (χ4v) is 2.78. The average Bonchev–Trinajstić information content (AvgIpc) is 2.92. The Hall–Kier alpha value is -0.940. The highest BCUT2D eigenvalue weighted by Crippen LogP contribution is 2.26. The molecule has 2 saturated heterocycles. The number of aromatic nitrogens is 2. The van der Waals surface area contributed by atoms with Gasteiger partial charge in [-0.3, -0.25) is 4.90 Å². The van der Waals surface area contributed by atoms with Gasteiger partial charge in [0.2, 0.25) is 5.89 Å². The molecule has 88 valence electrons. The number of aryl methyl sites for hydroxylation is 1. The summed E-state index contributed by atoms with van der Waals surface area (Å²) in [7, 11) is 0. The smallest absolute Gasteiger partial charge is 0.226 e. The first-order valence-electron chi connectivity index (χ1n) is 6.09. The summed E-state index contributed by atoms with van der Waals surface area (Å²) in [4.78, 5) is 6.80. The minimum Gasteiger partial charge on any atom is -0.339 e. The summed E-state index contributed by atoms with van der Waals surface area (Å²) in [6.07, 6.45) is 0.822. The summed E-state index contributed by atoms with van der Waals surface area (Å²) in [5.74, 6) is 3.25. The van der Waals surface area contributed by atoms with Gasteiger partial charge in [-0.2, -0.15) is 4.98 Å². The summed E-state index contributed by atoms with van der Waals surface area (Å²) in [6.45, 7) is 7.57. The molecule has 2 aliphatic heterocycles. The molecule has 2 atom stereocenters. The molecule has 0 radical (unpaired) electrons. The molecule has 1 aromatic heterocycles. The topological polar surface area (TPSA) is 54.2 Å². The maximum Gasteiger partial charge on any atom is 0.226 e. The van der Waals surface area contributed by atoms with Gasteiger partial charge in [-0.25, -0.2) is 0 Å². The number of rotatable bonds is 3. The van der Waals surface area contributed by atoms with E-state index < -0.39 is 0 Å². The lowest BCUT2D eigenvalue weighted by Gasteiger charge is -2.13. The van der Waals surface area contributed by atoms with Gasteiger partial charge in [0.05, 0.1) is 6.54 Å². The van der Waals surface area contributed by atoms with Crippen molar-refractivity contribution in [1.82, 2.24) is 20.4 Å². The first-order chi connectivity index (χ1) is 7.85. The van der Waals surface area contributed by atoms with Crippen molar-refractivity contribution in [2.45, 2.75) is 19.9 Å². The SMILES string of the molecule is CCc1nc(CN2C[C@H]3CNC[C@H]3C2)no1. The standard InChI is InChI=1S/C11H18N4O/c1-2-11-13-10(14-16-11)7-15-5-8-3-12-4-9(8)6-15/h8-9,12H,2-7H2,1H3/t8-,9+. The summed E-state index contributed by atoms with van der Waals surface area (Å²) in [5, 5.41) is 7.45. The number of hydrogen-bond acceptors (Lipinski definition) is 5. The second-order valence-corrected chi connectivity index (χ2v) is 4.83. The molecule has 0 spiro atoms. The highest BCUT2D eigenvalue weighted by Gasteiger charge is 2.36. The monoisotopic (exact) mass is 222 g/mol. The highest BCUT2D eigenvalue weighted by molar-refractivity contribution is 4.94. The third-order valence-electron chi connectivity index (χ3n) is 3.64. The first-order valence-corrected chi connectivity index (χ1v) is 6.09. The van der Waals surface area contributed by atoms with Crippen LogP contribution < -0.4 is 5.32 Å². The van der Waals surface area contributed by atoms with Crippen molar-refractivity contribution in [2.24, 2.45) is 11.8 Å². The minimum absolute atomic E-state index is 0.746. The van der Waals surface area contributed by atoms with Crippen molar-refractivity contribution in [2.75, 3.05) is 26.2 Å². The van der Waals surface area contributed by atoms with Crippen molar-refractivity contribution in [3.63, 3.8) is 0 Å². The van der Waals surface area contributed by atoms with E-state index in [1.54, 1.807) is 0 Å². The van der Waals surface area contributed by atoms with Crippen LogP contribution in [0.25, 0.3) is 0 Å². The summed E-state index contributed by atoms with van der Waals surface area (Å²) < 4.78 is 5.12. The Kier molecular flexibility index (Phi) is 2.65. The summed E-state index contributed by atoms with van der Waals surface area (Å²) in [6, 6.07) is 0. The van der Waals surface area contributed by atoms with Gasteiger partial charge >= 0.3 is 0 Å². The second-order valence-electron chi connectivity index (χ2n) is 4.83. The number of likely N-dealkylation sites (tertiary alicyclic amines) is 1. The second kappa shape index (κ2) is 4.14. The van der Waals surface area contributed by atoms with Crippen LogP contribution in [-0.4, -0.2) is 41.2 Å². The normalized spacial score (nSPS) is 29.8. The number of hydrogen-bond donors (Lipinski definition) is 1. The molecule has 2 fully saturated rings. The van der Waals surface area contributed by atoms with Crippen LogP contribution in [0.3, 0.4) is 0 Å². The van der Waals surface area contributed by atoms with E-state index in [4.69, 9.17) is 4.52 Å². The van der Waals surface area contributed by atoms with Crippen LogP contribution in [-0.2, 0) is 13.0 Å². The Labute approximate surface area is 95.2 Å². The molecule has 0 amide bonds. The van der Waals surface area contributed by atoms with Gasteiger partial charge in [0.15, 0.2) is 5.82 Å². The summed E-state index contributed by atoms with van der Waals surface area (Å²) in [5.41, 5.74) is 0. The van der Waals surface area contributed by atoms with Crippen molar-refractivity contribution >= 4 is 0 Å². The van der Waals surface area contributed by atoms with E-state index in [-0.39, 0.29) is 0 Å². The van der Waals surface area contributed by atoms with Gasteiger partial charge in [0, 0.05) is 19.5 Å². The zero-order valence-corrected chi connectivity index (χ0v) is 9.65. The van der Waals surface area contributed by atoms with Crippen LogP contribution >= 0.6 is 0 Å². The van der Waals surface area contributed by atoms with E-state index in [9.17, 15) is 0 Å². The van der Waals surface area contributed by atoms with Gasteiger partial charge in [0.25, 0.3) is 0 Å². The lowest BCUT2D eigenvalue weighted by molar-refractivity contribution is 0.289. The zero-order valence-electron chi connectivity index (χ0n) is 9.65. The predicted octanol–water partition coefficient (Wildman–Crippen LogP) is 0.283. The minimum atomic E-state index is 0.746. The van der Waals surface area contributed by atoms with E-state index >= 15 is 0 Å². The van der Waals surface area contributed by atoms with Gasteiger partial charge in [-0.05, 0) is 24.9 Å². The van der Waals surface area contributed by atoms with Crippen LogP contribution in [0.15, 0.2) is 4.52 Å². The van der Waals surface area contributed by atoms with Crippen molar-refractivity contribution in [3.8, 4) is 0 Å². The molecule has 0 bridgehead atoms. The molecule has 0 saturated carbocycles. The highest BCUT2D eigenvalue weighted by atomic mass is 16.5. The number of nitrogens with one attached hydrogen (secondary N) is 1. The molecule has 16 heavy (non-hydrogen) atoms. The number of fused-ring (bicyclic) bond motifs is 1. The third kappa shape index (κ3) is 1.85. The molecular formula is C11H18N4O. The van der Waals surface area contributed by atoms with Gasteiger partial charge in [-0.1, -0.05) is 12.1 Å². The van der Waals surface area contributed by atoms with Crippen molar-refractivity contribution in [1.29, 1.82) is 0 Å². The van der Waals surface area contributed by atoms with Crippen LogP contribution in [0, 0.1) is 11.8 Å². The van der Waals surface area contributed by atoms with Crippen LogP contribution in [0.4, 0.5) is 0 Å². The van der Waals surface area contributed by atoms with Gasteiger partial charge in [-0.15, -0.1) is 0 Å². The van der Waals surface area contributed by atoms with Crippen LogP contribution in [0.5, 0.6) is 0 Å². The van der Waals surface area contributed by atoms with E-state index in [1.807, 2.05) is 6.92 Å². The molecule has 0 aliphatic carbocycles. The Balaban J connectivity index is 1.59. The van der Waals surface area contributed by atoms with Crippen molar-refractivity contribution in [3.05, 3.63) is 11.7 Å². The molecule has 1 aromatic rings. The van der Waals surface area contributed by atoms with Gasteiger partial charge < -0.3 is 9.84 Å². The van der Waals surface area contributed by atoms with E-state index in [2.05, 4.69) is 20.4 Å². The maximum absolute atomic E-state index is 5.12. The third-order valence-corrected chi connectivity index (χ3v) is 3.64. The molecule has 3 heterocycles. The van der Waals surface area contributed by atoms with E-state index in [0.717, 1.165) is 36.5 Å². The fraction of sp³-hybridized carbons (Fsp3) is 0.818. The molecular weight excluding hydrogens is 204 g/mol. The Morgan fingerprint density at radius 1 is 1.38 bits per heavy atom. The Morgan fingerprint density at radius 2 is 2.12 bits per heavy atom. The average molecular weight is 222 g/mol. The molecule has 5 heteroatoms. The van der Waals surface area contributed by atoms with E-state index in [1.165, 1.54) is 26.2 Å². The van der Waals surface area contributed by atoms with Crippen molar-refractivity contribution < 1.29 is 4.52 Å². The largest absolute Gasteiger partial charge is 0.339 e. The summed E-state index contributed by atoms with van der Waals surface area (Å²) >= 11 is 0. The lowest BCUT2D eigenvalue weighted by Crippen LogP contribution is -2.25. The zero-order chi connectivity index (χ0) is 11.0. The Bertz CT molecular complexity index is 353. The fourth-order valence-electron chi connectivity index (χ4n) is 2.78. The van der Waals surface area contributed by atoms with Crippen LogP contribution in [0.2, 0.25) is 0 Å². The quantitative estimate of drug-likeness (QED) is 0.796. The molecule has 2 aliphatic rings. The molecule has 1 N–H and O–H groups in total. The predicted molar refractivity (Wildman–Crippen MR) is 58.8 cm³/mol. The lowest BCUT2D eigenvalue weighted by atomic mass is 10.0. The van der Waals surface area contributed by atoms with Crippen LogP contribution in [0.1, 0.15) is 18.6 Å².